The van der Waals surface area contributed by atoms with Gasteiger partial charge in [-0.3, -0.25) is 4.79 Å². The Bertz CT molecular complexity index is 559. The molecule has 0 saturated heterocycles. The number of carbonyl (C=O) groups is 1. The molecule has 0 aromatic heterocycles. The van der Waals surface area contributed by atoms with Gasteiger partial charge in [-0.05, 0) is 30.5 Å². The van der Waals surface area contributed by atoms with Crippen molar-refractivity contribution in [2.24, 2.45) is 5.92 Å². The summed E-state index contributed by atoms with van der Waals surface area (Å²) in [6.45, 7) is 2.17. The number of carbonyl (C=O) groups excluding carboxylic acids is 1. The number of aliphatic hydroxyl groups is 1. The lowest BCUT2D eigenvalue weighted by Crippen LogP contribution is -2.26. The highest BCUT2D eigenvalue weighted by atomic mass is 35.5. The summed E-state index contributed by atoms with van der Waals surface area (Å²) in [5.41, 5.74) is 1.24. The molecule has 20 heavy (non-hydrogen) atoms. The SMILES string of the molecule is CCC1CC1NC(=O)c1ccc(C#CCCO)c(Cl)c1. The number of nitrogens with one attached hydrogen (secondary N) is 1. The van der Waals surface area contributed by atoms with Crippen molar-refractivity contribution in [3.63, 3.8) is 0 Å². The van der Waals surface area contributed by atoms with E-state index < -0.39 is 0 Å². The first-order chi connectivity index (χ1) is 9.65. The smallest absolute Gasteiger partial charge is 0.251 e. The van der Waals surface area contributed by atoms with Crippen LogP contribution in [0.25, 0.3) is 0 Å². The Hall–Kier alpha value is -1.50. The Kier molecular flexibility index (Phi) is 5.05. The molecule has 2 unspecified atom stereocenters. The van der Waals surface area contributed by atoms with E-state index in [9.17, 15) is 4.79 Å². The summed E-state index contributed by atoms with van der Waals surface area (Å²) >= 11 is 6.12. The summed E-state index contributed by atoms with van der Waals surface area (Å²) in [7, 11) is 0. The average Bonchev–Trinajstić information content (AvgIpc) is 3.19. The number of benzene rings is 1. The van der Waals surface area contributed by atoms with Gasteiger partial charge in [0.2, 0.25) is 0 Å². The molecular formula is C16H18ClNO2. The number of amides is 1. The van der Waals surface area contributed by atoms with E-state index >= 15 is 0 Å². The Morgan fingerprint density at radius 3 is 2.95 bits per heavy atom. The number of hydrogen-bond donors (Lipinski definition) is 2. The van der Waals surface area contributed by atoms with E-state index in [4.69, 9.17) is 16.7 Å². The van der Waals surface area contributed by atoms with Gasteiger partial charge in [0, 0.05) is 23.6 Å². The minimum atomic E-state index is -0.0808. The van der Waals surface area contributed by atoms with E-state index in [2.05, 4.69) is 24.1 Å². The van der Waals surface area contributed by atoms with Crippen molar-refractivity contribution in [1.82, 2.24) is 5.32 Å². The van der Waals surface area contributed by atoms with Crippen molar-refractivity contribution in [2.75, 3.05) is 6.61 Å². The highest BCUT2D eigenvalue weighted by Gasteiger charge is 2.36. The van der Waals surface area contributed by atoms with Gasteiger partial charge in [-0.25, -0.2) is 0 Å². The van der Waals surface area contributed by atoms with Gasteiger partial charge in [-0.15, -0.1) is 0 Å². The molecule has 106 valence electrons. The van der Waals surface area contributed by atoms with Crippen molar-refractivity contribution in [2.45, 2.75) is 32.2 Å². The third-order valence-corrected chi connectivity index (χ3v) is 3.77. The monoisotopic (exact) mass is 291 g/mol. The van der Waals surface area contributed by atoms with Gasteiger partial charge < -0.3 is 10.4 Å². The molecule has 0 spiro atoms. The fraction of sp³-hybridized carbons (Fsp3) is 0.438. The van der Waals surface area contributed by atoms with Gasteiger partial charge in [0.1, 0.15) is 0 Å². The third-order valence-electron chi connectivity index (χ3n) is 3.45. The van der Waals surface area contributed by atoms with E-state index in [-0.39, 0.29) is 12.5 Å². The second kappa shape index (κ2) is 6.78. The molecule has 2 N–H and O–H groups in total. The fourth-order valence-corrected chi connectivity index (χ4v) is 2.33. The Balaban J connectivity index is 2.01. The molecule has 1 saturated carbocycles. The van der Waals surface area contributed by atoms with Crippen LogP contribution in [0.3, 0.4) is 0 Å². The van der Waals surface area contributed by atoms with Crippen LogP contribution in [0, 0.1) is 17.8 Å². The van der Waals surface area contributed by atoms with Gasteiger partial charge in [0.15, 0.2) is 0 Å². The number of rotatable bonds is 4. The van der Waals surface area contributed by atoms with Crippen LogP contribution in [-0.2, 0) is 0 Å². The standard InChI is InChI=1S/C16H18ClNO2/c1-2-11-10-15(11)18-16(20)13-7-6-12(14(17)9-13)5-3-4-8-19/h6-7,9,11,15,19H,2,4,8,10H2,1H3,(H,18,20). The minimum absolute atomic E-state index is 0.0328. The summed E-state index contributed by atoms with van der Waals surface area (Å²) in [6.07, 6.45) is 2.59. The maximum atomic E-state index is 12.0. The van der Waals surface area contributed by atoms with Crippen molar-refractivity contribution < 1.29 is 9.90 Å². The van der Waals surface area contributed by atoms with Crippen LogP contribution in [0.15, 0.2) is 18.2 Å². The molecule has 0 heterocycles. The second-order valence-electron chi connectivity index (χ2n) is 4.95. The summed E-state index contributed by atoms with van der Waals surface area (Å²) in [5, 5.41) is 12.1. The van der Waals surface area contributed by atoms with E-state index in [1.165, 1.54) is 0 Å². The molecule has 0 aliphatic heterocycles. The minimum Gasteiger partial charge on any atom is -0.395 e. The van der Waals surface area contributed by atoms with Crippen molar-refractivity contribution in [3.8, 4) is 11.8 Å². The van der Waals surface area contributed by atoms with Crippen LogP contribution in [0.5, 0.6) is 0 Å². The highest BCUT2D eigenvalue weighted by Crippen LogP contribution is 2.33. The number of aliphatic hydroxyl groups excluding tert-OH is 1. The molecule has 1 aliphatic carbocycles. The molecule has 1 aromatic carbocycles. The van der Waals surface area contributed by atoms with Crippen LogP contribution in [-0.4, -0.2) is 23.7 Å². The third kappa shape index (κ3) is 3.75. The lowest BCUT2D eigenvalue weighted by molar-refractivity contribution is 0.0949. The van der Waals surface area contributed by atoms with Crippen LogP contribution in [0.2, 0.25) is 5.02 Å². The fourth-order valence-electron chi connectivity index (χ4n) is 2.10. The zero-order valence-electron chi connectivity index (χ0n) is 11.4. The van der Waals surface area contributed by atoms with E-state index in [1.54, 1.807) is 18.2 Å². The lowest BCUT2D eigenvalue weighted by Gasteiger charge is -2.05. The molecule has 1 aromatic rings. The van der Waals surface area contributed by atoms with Crippen LogP contribution < -0.4 is 5.32 Å². The zero-order valence-corrected chi connectivity index (χ0v) is 12.2. The predicted octanol–water partition coefficient (Wildman–Crippen LogP) is 2.60. The molecule has 0 radical (unpaired) electrons. The molecule has 2 atom stereocenters. The quantitative estimate of drug-likeness (QED) is 0.838. The van der Waals surface area contributed by atoms with Crippen LogP contribution in [0.1, 0.15) is 42.1 Å². The molecule has 1 fully saturated rings. The van der Waals surface area contributed by atoms with Crippen LogP contribution >= 0.6 is 11.6 Å². The predicted molar refractivity (Wildman–Crippen MR) is 79.7 cm³/mol. The van der Waals surface area contributed by atoms with Gasteiger partial charge in [0.25, 0.3) is 5.91 Å². The summed E-state index contributed by atoms with van der Waals surface area (Å²) < 4.78 is 0. The van der Waals surface area contributed by atoms with Crippen LogP contribution in [0.4, 0.5) is 0 Å². The van der Waals surface area contributed by atoms with E-state index in [0.29, 0.717) is 34.5 Å². The van der Waals surface area contributed by atoms with E-state index in [0.717, 1.165) is 12.8 Å². The van der Waals surface area contributed by atoms with Crippen molar-refractivity contribution >= 4 is 17.5 Å². The number of hydrogen-bond acceptors (Lipinski definition) is 2. The second-order valence-corrected chi connectivity index (χ2v) is 5.36. The normalized spacial score (nSPS) is 19.9. The maximum Gasteiger partial charge on any atom is 0.251 e. The largest absolute Gasteiger partial charge is 0.395 e. The molecule has 1 aliphatic rings. The topological polar surface area (TPSA) is 49.3 Å². The van der Waals surface area contributed by atoms with Crippen molar-refractivity contribution in [1.29, 1.82) is 0 Å². The first-order valence-electron chi connectivity index (χ1n) is 6.85. The highest BCUT2D eigenvalue weighted by molar-refractivity contribution is 6.32. The zero-order chi connectivity index (χ0) is 14.5. The van der Waals surface area contributed by atoms with Gasteiger partial charge in [-0.1, -0.05) is 36.8 Å². The van der Waals surface area contributed by atoms with Gasteiger partial charge in [-0.2, -0.15) is 0 Å². The van der Waals surface area contributed by atoms with Crippen molar-refractivity contribution in [3.05, 3.63) is 34.3 Å². The summed E-state index contributed by atoms with van der Waals surface area (Å²) in [4.78, 5) is 12.0. The Labute approximate surface area is 124 Å². The molecule has 3 nitrogen and oxygen atoms in total. The Morgan fingerprint density at radius 1 is 1.55 bits per heavy atom. The molecule has 4 heteroatoms. The molecular weight excluding hydrogens is 274 g/mol. The first-order valence-corrected chi connectivity index (χ1v) is 7.23. The molecule has 2 rings (SSSR count). The van der Waals surface area contributed by atoms with Gasteiger partial charge >= 0.3 is 0 Å². The molecule has 0 bridgehead atoms. The van der Waals surface area contributed by atoms with Gasteiger partial charge in [0.05, 0.1) is 11.6 Å². The molecule has 1 amide bonds. The first kappa shape index (κ1) is 14.9. The number of halogens is 1. The Morgan fingerprint density at radius 2 is 2.35 bits per heavy atom. The lowest BCUT2D eigenvalue weighted by atomic mass is 10.1. The van der Waals surface area contributed by atoms with E-state index in [1.807, 2.05) is 0 Å². The average molecular weight is 292 g/mol. The summed E-state index contributed by atoms with van der Waals surface area (Å²) in [5.74, 6) is 6.23. The maximum absolute atomic E-state index is 12.0. The summed E-state index contributed by atoms with van der Waals surface area (Å²) in [6, 6.07) is 5.43.